The van der Waals surface area contributed by atoms with Crippen molar-refractivity contribution >= 4 is 55.0 Å². The number of para-hydroxylation sites is 1. The molecule has 0 amide bonds. The second-order valence-electron chi connectivity index (χ2n) is 7.33. The van der Waals surface area contributed by atoms with Crippen LogP contribution in [0.2, 0.25) is 0 Å². The zero-order valence-electron chi connectivity index (χ0n) is 15.7. The van der Waals surface area contributed by atoms with Gasteiger partial charge in [0.15, 0.2) is 5.69 Å². The monoisotopic (exact) mass is 408 g/mol. The van der Waals surface area contributed by atoms with Gasteiger partial charge in [0.25, 0.3) is 0 Å². The number of rotatable bonds is 4. The fraction of sp³-hybridized carbons (Fsp3) is 0.286. The van der Waals surface area contributed by atoms with Gasteiger partial charge < -0.3 is 9.67 Å². The van der Waals surface area contributed by atoms with E-state index in [9.17, 15) is 5.11 Å². The van der Waals surface area contributed by atoms with Gasteiger partial charge in [0, 0.05) is 16.9 Å². The van der Waals surface area contributed by atoms with Crippen molar-refractivity contribution in [3.05, 3.63) is 48.0 Å². The van der Waals surface area contributed by atoms with Crippen molar-refractivity contribution < 1.29 is 5.11 Å². The summed E-state index contributed by atoms with van der Waals surface area (Å²) in [7, 11) is 0. The van der Waals surface area contributed by atoms with Gasteiger partial charge >= 0.3 is 0 Å². The molecule has 1 saturated heterocycles. The smallest absolute Gasteiger partial charge is 0.231 e. The van der Waals surface area contributed by atoms with Crippen LogP contribution in [0.1, 0.15) is 31.4 Å². The Balaban J connectivity index is 1.64. The van der Waals surface area contributed by atoms with Gasteiger partial charge in [0.05, 0.1) is 21.8 Å². The molecule has 28 heavy (non-hydrogen) atoms. The molecule has 1 aliphatic heterocycles. The van der Waals surface area contributed by atoms with E-state index in [-0.39, 0.29) is 5.88 Å². The van der Waals surface area contributed by atoms with Gasteiger partial charge in [-0.05, 0) is 35.7 Å². The van der Waals surface area contributed by atoms with Gasteiger partial charge in [0.1, 0.15) is 0 Å². The zero-order chi connectivity index (χ0) is 19.3. The van der Waals surface area contributed by atoms with E-state index in [1.807, 2.05) is 40.6 Å². The average molecular weight is 409 g/mol. The molecule has 0 spiro atoms. The fourth-order valence-electron chi connectivity index (χ4n) is 3.50. The van der Waals surface area contributed by atoms with Crippen molar-refractivity contribution in [2.45, 2.75) is 25.8 Å². The summed E-state index contributed by atoms with van der Waals surface area (Å²) in [6.45, 7) is 4.34. The highest BCUT2D eigenvalue weighted by Crippen LogP contribution is 2.45. The predicted octanol–water partition coefficient (Wildman–Crippen LogP) is 6.78. The first-order chi connectivity index (χ1) is 13.6. The maximum atomic E-state index is 11.0. The molecule has 1 aliphatic rings. The highest BCUT2D eigenvalue weighted by atomic mass is 32.2. The van der Waals surface area contributed by atoms with Crippen LogP contribution in [-0.2, 0) is 0 Å². The Hall–Kier alpha value is -2.38. The number of hydrogen-bond donors (Lipinski definition) is 1. The zero-order valence-corrected chi connectivity index (χ0v) is 17.3. The second-order valence-corrected chi connectivity index (χ2v) is 9.41. The van der Waals surface area contributed by atoms with Crippen molar-refractivity contribution in [2.75, 3.05) is 11.5 Å². The number of aromatic nitrogens is 2. The molecule has 2 aromatic heterocycles. The summed E-state index contributed by atoms with van der Waals surface area (Å²) in [5, 5.41) is 21.4. The van der Waals surface area contributed by atoms with Crippen molar-refractivity contribution in [3.8, 4) is 5.88 Å². The summed E-state index contributed by atoms with van der Waals surface area (Å²) >= 11 is 3.39. The van der Waals surface area contributed by atoms with Crippen LogP contribution in [0, 0.1) is 0 Å². The van der Waals surface area contributed by atoms with E-state index in [0.29, 0.717) is 22.8 Å². The second kappa shape index (κ2) is 6.90. The highest BCUT2D eigenvalue weighted by Gasteiger charge is 2.27. The van der Waals surface area contributed by atoms with Crippen molar-refractivity contribution in [1.82, 2.24) is 9.55 Å². The Labute approximate surface area is 171 Å². The van der Waals surface area contributed by atoms with E-state index >= 15 is 0 Å². The first-order valence-electron chi connectivity index (χ1n) is 9.33. The molecule has 3 heterocycles. The molecular weight excluding hydrogens is 388 g/mol. The Morgan fingerprint density at radius 1 is 1.14 bits per heavy atom. The average Bonchev–Trinajstić information content (AvgIpc) is 3.17. The van der Waals surface area contributed by atoms with Crippen molar-refractivity contribution in [2.24, 2.45) is 10.2 Å². The maximum absolute atomic E-state index is 11.0. The lowest BCUT2D eigenvalue weighted by molar-refractivity contribution is 0.406. The molecule has 5 rings (SSSR count). The number of fused-ring (bicyclic) bond motifs is 2. The normalized spacial score (nSPS) is 15.2. The van der Waals surface area contributed by atoms with Gasteiger partial charge in [-0.3, -0.25) is 0 Å². The summed E-state index contributed by atoms with van der Waals surface area (Å²) in [4.78, 5) is 4.52. The summed E-state index contributed by atoms with van der Waals surface area (Å²) < 4.78 is 3.10. The molecule has 7 heteroatoms. The van der Waals surface area contributed by atoms with Crippen LogP contribution in [0.15, 0.2) is 52.7 Å². The number of benzene rings is 2. The third-order valence-electron chi connectivity index (χ3n) is 5.15. The fourth-order valence-corrected chi connectivity index (χ4v) is 5.03. The first-order valence-corrected chi connectivity index (χ1v) is 11.3. The highest BCUT2D eigenvalue weighted by molar-refractivity contribution is 8.00. The standard InChI is InChI=1S/C21H20N4OS2/c1-12(2)13-7-8-17-15(9-13)19(20(26)25(17)14-10-27-11-14)23-24-21-22-16-5-3-4-6-18(16)28-21/h3-9,12,14,26H,10-11H2,1-2H3. The van der Waals surface area contributed by atoms with Crippen LogP contribution in [0.4, 0.5) is 10.8 Å². The van der Waals surface area contributed by atoms with Gasteiger partial charge in [-0.15, -0.1) is 10.2 Å². The van der Waals surface area contributed by atoms with E-state index in [4.69, 9.17) is 0 Å². The Kier molecular flexibility index (Phi) is 4.36. The SMILES string of the molecule is CC(C)c1ccc2c(c1)c(N=Nc1nc3ccccc3s1)c(O)n2C1CSC1. The molecule has 0 saturated carbocycles. The number of thiazole rings is 1. The summed E-state index contributed by atoms with van der Waals surface area (Å²) in [5.41, 5.74) is 3.70. The molecule has 1 N–H and O–H groups in total. The van der Waals surface area contributed by atoms with E-state index < -0.39 is 0 Å². The molecule has 0 aliphatic carbocycles. The van der Waals surface area contributed by atoms with Gasteiger partial charge in [-0.1, -0.05) is 43.4 Å². The molecule has 2 aromatic carbocycles. The number of aromatic hydroxyl groups is 1. The van der Waals surface area contributed by atoms with Crippen molar-refractivity contribution in [3.63, 3.8) is 0 Å². The maximum Gasteiger partial charge on any atom is 0.231 e. The van der Waals surface area contributed by atoms with E-state index in [0.717, 1.165) is 32.6 Å². The minimum Gasteiger partial charge on any atom is -0.493 e. The van der Waals surface area contributed by atoms with E-state index in [2.05, 4.69) is 47.3 Å². The van der Waals surface area contributed by atoms with Crippen LogP contribution in [0.3, 0.4) is 0 Å². The predicted molar refractivity (Wildman–Crippen MR) is 118 cm³/mol. The Morgan fingerprint density at radius 3 is 2.68 bits per heavy atom. The number of nitrogens with zero attached hydrogens (tertiary/aromatic N) is 4. The lowest BCUT2D eigenvalue weighted by Gasteiger charge is -2.27. The van der Waals surface area contributed by atoms with Crippen LogP contribution < -0.4 is 0 Å². The Bertz CT molecular complexity index is 1170. The molecule has 4 aromatic rings. The van der Waals surface area contributed by atoms with Gasteiger partial charge in [-0.2, -0.15) is 11.8 Å². The summed E-state index contributed by atoms with van der Waals surface area (Å²) in [6.07, 6.45) is 0. The molecule has 0 radical (unpaired) electrons. The number of thioether (sulfide) groups is 1. The van der Waals surface area contributed by atoms with Gasteiger partial charge in [-0.25, -0.2) is 4.98 Å². The largest absolute Gasteiger partial charge is 0.493 e. The molecular formula is C21H20N4OS2. The molecule has 142 valence electrons. The molecule has 1 fully saturated rings. The summed E-state index contributed by atoms with van der Waals surface area (Å²) in [6, 6.07) is 14.6. The molecule has 0 atom stereocenters. The Morgan fingerprint density at radius 2 is 1.96 bits per heavy atom. The third-order valence-corrected chi connectivity index (χ3v) is 7.31. The van der Waals surface area contributed by atoms with Crippen LogP contribution in [-0.4, -0.2) is 26.2 Å². The minimum atomic E-state index is 0.200. The number of azo groups is 1. The van der Waals surface area contributed by atoms with Crippen molar-refractivity contribution in [1.29, 1.82) is 0 Å². The summed E-state index contributed by atoms with van der Waals surface area (Å²) in [5.74, 6) is 2.63. The molecule has 5 nitrogen and oxygen atoms in total. The first kappa shape index (κ1) is 17.7. The number of hydrogen-bond acceptors (Lipinski definition) is 6. The molecule has 0 bridgehead atoms. The van der Waals surface area contributed by atoms with Crippen LogP contribution >= 0.6 is 23.1 Å². The molecule has 0 unspecified atom stereocenters. The van der Waals surface area contributed by atoms with Crippen LogP contribution in [0.25, 0.3) is 21.1 Å². The quantitative estimate of drug-likeness (QED) is 0.378. The topological polar surface area (TPSA) is 62.8 Å². The van der Waals surface area contributed by atoms with E-state index in [1.54, 1.807) is 0 Å². The van der Waals surface area contributed by atoms with Gasteiger partial charge in [0.2, 0.25) is 11.0 Å². The van der Waals surface area contributed by atoms with E-state index in [1.165, 1.54) is 16.9 Å². The minimum absolute atomic E-state index is 0.200. The lowest BCUT2D eigenvalue weighted by Crippen LogP contribution is -2.22. The van der Waals surface area contributed by atoms with Crippen LogP contribution in [0.5, 0.6) is 5.88 Å². The third kappa shape index (κ3) is 2.89. The lowest BCUT2D eigenvalue weighted by atomic mass is 10.0.